The van der Waals surface area contributed by atoms with Crippen LogP contribution in [0.3, 0.4) is 0 Å². The van der Waals surface area contributed by atoms with E-state index in [1.54, 1.807) is 0 Å². The topological polar surface area (TPSA) is 69.7 Å². The number of allylic oxidation sites excluding steroid dienone is 1. The van der Waals surface area contributed by atoms with E-state index in [4.69, 9.17) is 4.99 Å². The Bertz CT molecular complexity index is 1390. The fourth-order valence-corrected chi connectivity index (χ4v) is 6.78. The Hall–Kier alpha value is -4.03. The second kappa shape index (κ2) is 6.27. The minimum Gasteiger partial charge on any atom is -0.360 e. The summed E-state index contributed by atoms with van der Waals surface area (Å²) in [6, 6.07) is 17.1. The maximum Gasteiger partial charge on any atom is 0.113 e. The zero-order chi connectivity index (χ0) is 22.4. The van der Waals surface area contributed by atoms with E-state index in [9.17, 15) is 10.5 Å². The highest BCUT2D eigenvalue weighted by Gasteiger charge is 2.56. The lowest BCUT2D eigenvalue weighted by Gasteiger charge is -2.53. The largest absolute Gasteiger partial charge is 0.360 e. The van der Waals surface area contributed by atoms with Gasteiger partial charge in [0.15, 0.2) is 0 Å². The summed E-state index contributed by atoms with van der Waals surface area (Å²) in [5.74, 6) is 0.785. The van der Waals surface area contributed by atoms with Crippen LogP contribution in [0.4, 0.5) is 5.69 Å². The SMILES string of the molecule is CN1C=NC2c3ccc(C#N)cc3C(C3=CC4c5cc(C#N)ccc5N5C=CN(C)C5C34)C21. The molecule has 6 nitrogen and oxygen atoms in total. The van der Waals surface area contributed by atoms with Gasteiger partial charge in [-0.15, -0.1) is 0 Å². The average molecular weight is 431 g/mol. The highest BCUT2D eigenvalue weighted by atomic mass is 15.4. The van der Waals surface area contributed by atoms with Crippen molar-refractivity contribution in [3.05, 3.63) is 88.3 Å². The maximum absolute atomic E-state index is 9.57. The van der Waals surface area contributed by atoms with Gasteiger partial charge in [0.2, 0.25) is 0 Å². The Morgan fingerprint density at radius 3 is 2.42 bits per heavy atom. The predicted octanol–water partition coefficient (Wildman–Crippen LogP) is 3.81. The predicted molar refractivity (Wildman–Crippen MR) is 125 cm³/mol. The summed E-state index contributed by atoms with van der Waals surface area (Å²) < 4.78 is 0. The van der Waals surface area contributed by atoms with Gasteiger partial charge in [-0.25, -0.2) is 0 Å². The molecule has 0 saturated heterocycles. The Labute approximate surface area is 193 Å². The summed E-state index contributed by atoms with van der Waals surface area (Å²) in [5, 5.41) is 19.1. The molecule has 0 amide bonds. The van der Waals surface area contributed by atoms with Crippen molar-refractivity contribution in [1.82, 2.24) is 9.80 Å². The summed E-state index contributed by atoms with van der Waals surface area (Å²) in [6.45, 7) is 0. The van der Waals surface area contributed by atoms with E-state index >= 15 is 0 Å². The van der Waals surface area contributed by atoms with Crippen molar-refractivity contribution in [2.45, 2.75) is 30.1 Å². The third-order valence-corrected chi connectivity index (χ3v) is 8.20. The highest BCUT2D eigenvalue weighted by Crippen LogP contribution is 2.61. The maximum atomic E-state index is 9.57. The van der Waals surface area contributed by atoms with Gasteiger partial charge in [-0.2, -0.15) is 10.5 Å². The summed E-state index contributed by atoms with van der Waals surface area (Å²) in [4.78, 5) is 11.7. The van der Waals surface area contributed by atoms with E-state index in [-0.39, 0.29) is 30.1 Å². The molecule has 6 heteroatoms. The van der Waals surface area contributed by atoms with Gasteiger partial charge in [0, 0.05) is 49.9 Å². The quantitative estimate of drug-likeness (QED) is 0.644. The van der Waals surface area contributed by atoms with Crippen molar-refractivity contribution in [2.24, 2.45) is 10.9 Å². The van der Waals surface area contributed by atoms with Gasteiger partial charge in [-0.3, -0.25) is 4.99 Å². The van der Waals surface area contributed by atoms with Gasteiger partial charge >= 0.3 is 0 Å². The highest BCUT2D eigenvalue weighted by molar-refractivity contribution is 5.70. The van der Waals surface area contributed by atoms with Crippen LogP contribution in [0.1, 0.15) is 45.7 Å². The molecule has 0 spiro atoms. The molecule has 33 heavy (non-hydrogen) atoms. The van der Waals surface area contributed by atoms with Gasteiger partial charge in [0.1, 0.15) is 6.17 Å². The molecule has 160 valence electrons. The minimum absolute atomic E-state index is 0.110. The molecule has 0 N–H and O–H groups in total. The molecule has 7 rings (SSSR count). The third-order valence-electron chi connectivity index (χ3n) is 8.20. The molecular formula is C27H22N6. The van der Waals surface area contributed by atoms with Crippen molar-refractivity contribution in [3.8, 4) is 12.1 Å². The molecule has 5 aliphatic rings. The van der Waals surface area contributed by atoms with Crippen LogP contribution in [0.5, 0.6) is 0 Å². The summed E-state index contributed by atoms with van der Waals surface area (Å²) in [6.07, 6.45) is 8.91. The second-order valence-corrected chi connectivity index (χ2v) is 9.69. The minimum atomic E-state index is 0.110. The fourth-order valence-electron chi connectivity index (χ4n) is 6.78. The number of nitrogens with zero attached hydrogens (tertiary/aromatic N) is 6. The fraction of sp³-hybridized carbons (Fsp3) is 0.296. The smallest absolute Gasteiger partial charge is 0.113 e. The lowest BCUT2D eigenvalue weighted by Crippen LogP contribution is -2.53. The van der Waals surface area contributed by atoms with Crippen molar-refractivity contribution in [3.63, 3.8) is 0 Å². The summed E-state index contributed by atoms with van der Waals surface area (Å²) >= 11 is 0. The van der Waals surface area contributed by atoms with E-state index in [0.717, 1.165) is 0 Å². The molecule has 3 aliphatic heterocycles. The molecule has 0 saturated carbocycles. The lowest BCUT2D eigenvalue weighted by molar-refractivity contribution is 0.216. The first-order chi connectivity index (χ1) is 16.1. The monoisotopic (exact) mass is 430 g/mol. The van der Waals surface area contributed by atoms with Crippen LogP contribution >= 0.6 is 0 Å². The van der Waals surface area contributed by atoms with Crippen LogP contribution in [0.15, 0.2) is 65.4 Å². The number of nitriles is 2. The standard InChI is InChI=1S/C27H22N6/c1-31-7-8-33-22-6-4-16(13-29)9-18(22)20-11-21(24(20)27(31)33)23-19-10-15(12-28)3-5-17(19)25-26(23)32(2)14-30-25/h3-11,14,20,23-27H,1-2H3. The number of fused-ring (bicyclic) bond motifs is 9. The van der Waals surface area contributed by atoms with Crippen molar-refractivity contribution in [2.75, 3.05) is 19.0 Å². The number of likely N-dealkylation sites (N-methyl/N-ethyl adjacent to an activating group) is 1. The summed E-state index contributed by atoms with van der Waals surface area (Å²) in [5.41, 5.74) is 7.75. The van der Waals surface area contributed by atoms with E-state index in [1.807, 2.05) is 18.5 Å². The van der Waals surface area contributed by atoms with Crippen LogP contribution in [-0.4, -0.2) is 42.4 Å². The Balaban J connectivity index is 1.40. The normalized spacial score (nSPS) is 31.6. The lowest BCUT2D eigenvalue weighted by atomic mass is 9.61. The van der Waals surface area contributed by atoms with Crippen LogP contribution < -0.4 is 4.90 Å². The molecule has 2 aromatic carbocycles. The van der Waals surface area contributed by atoms with E-state index in [0.29, 0.717) is 17.0 Å². The molecule has 0 aromatic heterocycles. The summed E-state index contributed by atoms with van der Waals surface area (Å²) in [7, 11) is 4.26. The molecule has 0 fully saturated rings. The molecule has 2 aromatic rings. The number of hydrogen-bond donors (Lipinski definition) is 0. The third kappa shape index (κ3) is 2.23. The first kappa shape index (κ1) is 18.5. The van der Waals surface area contributed by atoms with E-state index in [2.05, 4.69) is 83.7 Å². The van der Waals surface area contributed by atoms with Crippen LogP contribution in [-0.2, 0) is 0 Å². The molecule has 0 radical (unpaired) electrons. The van der Waals surface area contributed by atoms with Crippen LogP contribution in [0.25, 0.3) is 0 Å². The van der Waals surface area contributed by atoms with Gasteiger partial charge < -0.3 is 14.7 Å². The number of rotatable bonds is 1. The second-order valence-electron chi connectivity index (χ2n) is 9.69. The van der Waals surface area contributed by atoms with Gasteiger partial charge in [0.05, 0.1) is 41.7 Å². The molecule has 3 heterocycles. The number of benzene rings is 2. The van der Waals surface area contributed by atoms with E-state index < -0.39 is 0 Å². The van der Waals surface area contributed by atoms with Gasteiger partial charge in [0.25, 0.3) is 0 Å². The Morgan fingerprint density at radius 1 is 0.879 bits per heavy atom. The Morgan fingerprint density at radius 2 is 1.64 bits per heavy atom. The number of anilines is 1. The molecule has 6 atom stereocenters. The first-order valence-corrected chi connectivity index (χ1v) is 11.3. The molecule has 0 bridgehead atoms. The Kier molecular flexibility index (Phi) is 3.52. The number of aliphatic imine (C=N–C) groups is 1. The van der Waals surface area contributed by atoms with Crippen LogP contribution in [0, 0.1) is 28.6 Å². The van der Waals surface area contributed by atoms with Crippen molar-refractivity contribution < 1.29 is 0 Å². The van der Waals surface area contributed by atoms with Crippen molar-refractivity contribution in [1.29, 1.82) is 10.5 Å². The molecule has 2 aliphatic carbocycles. The van der Waals surface area contributed by atoms with E-state index in [1.165, 1.54) is 28.0 Å². The molecular weight excluding hydrogens is 408 g/mol. The zero-order valence-electron chi connectivity index (χ0n) is 18.4. The van der Waals surface area contributed by atoms with Crippen LogP contribution in [0.2, 0.25) is 0 Å². The number of hydrogen-bond acceptors (Lipinski definition) is 6. The zero-order valence-corrected chi connectivity index (χ0v) is 18.4. The first-order valence-electron chi connectivity index (χ1n) is 11.3. The van der Waals surface area contributed by atoms with Crippen molar-refractivity contribution >= 4 is 12.0 Å². The van der Waals surface area contributed by atoms with Gasteiger partial charge in [-0.1, -0.05) is 17.7 Å². The molecule has 6 unspecified atom stereocenters. The van der Waals surface area contributed by atoms with Gasteiger partial charge in [-0.05, 0) is 47.0 Å². The average Bonchev–Trinajstić information content (AvgIpc) is 3.47.